The fourth-order valence-corrected chi connectivity index (χ4v) is 7.98. The van der Waals surface area contributed by atoms with Crippen LogP contribution in [0.1, 0.15) is 96.7 Å². The molecule has 2 aliphatic heterocycles. The van der Waals surface area contributed by atoms with Crippen LogP contribution in [0.4, 0.5) is 13.2 Å². The maximum atomic E-state index is 14.4. The van der Waals surface area contributed by atoms with E-state index >= 15 is 0 Å². The predicted molar refractivity (Wildman–Crippen MR) is 200 cm³/mol. The van der Waals surface area contributed by atoms with Crippen LogP contribution in [0.3, 0.4) is 0 Å². The van der Waals surface area contributed by atoms with Crippen molar-refractivity contribution < 1.29 is 22.8 Å². The van der Waals surface area contributed by atoms with Crippen molar-refractivity contribution in [3.05, 3.63) is 60.2 Å². The van der Waals surface area contributed by atoms with E-state index in [2.05, 4.69) is 48.7 Å². The lowest BCUT2D eigenvalue weighted by atomic mass is 10.1. The number of imidazole rings is 2. The molecule has 1 unspecified atom stereocenters. The maximum absolute atomic E-state index is 14.4. The molecule has 2 fully saturated rings. The van der Waals surface area contributed by atoms with Gasteiger partial charge in [-0.25, -0.2) is 19.9 Å². The summed E-state index contributed by atoms with van der Waals surface area (Å²) < 4.78 is 43.1. The molecule has 5 heterocycles. The molecule has 3 aromatic heterocycles. The molecule has 0 saturated carbocycles. The van der Waals surface area contributed by atoms with Crippen LogP contribution in [0.25, 0.3) is 33.9 Å². The number of benzene rings is 1. The number of aromatic amines is 2. The average molecular weight is 749 g/mol. The van der Waals surface area contributed by atoms with Crippen LogP contribution >= 0.6 is 0 Å². The van der Waals surface area contributed by atoms with Crippen LogP contribution in [0.2, 0.25) is 0 Å². The highest BCUT2D eigenvalue weighted by molar-refractivity contribution is 5.83. The lowest BCUT2D eigenvalue weighted by Gasteiger charge is -2.31. The summed E-state index contributed by atoms with van der Waals surface area (Å²) >= 11 is 0. The van der Waals surface area contributed by atoms with Gasteiger partial charge in [-0.1, -0.05) is 52.0 Å². The number of hydrogen-bond acceptors (Lipinski definition) is 8. The van der Waals surface area contributed by atoms with Crippen LogP contribution in [0.5, 0.6) is 0 Å². The molecule has 0 radical (unpaired) electrons. The highest BCUT2D eigenvalue weighted by Crippen LogP contribution is 2.40. The summed E-state index contributed by atoms with van der Waals surface area (Å²) in [5.41, 5.74) is 1.23. The lowest BCUT2D eigenvalue weighted by molar-refractivity contribution is -0.140. The smallest absolute Gasteiger partial charge is 0.340 e. The molecule has 1 aromatic carbocycles. The molecule has 2 N–H and O–H groups in total. The first-order chi connectivity index (χ1) is 25.9. The number of carbonyl (C=O) groups excluding carboxylic acids is 2. The molecule has 0 aliphatic carbocycles. The van der Waals surface area contributed by atoms with Crippen molar-refractivity contribution in [2.45, 2.75) is 97.6 Å². The van der Waals surface area contributed by atoms with E-state index in [4.69, 9.17) is 0 Å². The molecule has 290 valence electrons. The molecule has 2 saturated heterocycles. The number of H-pyrrole nitrogens is 2. The third-order valence-corrected chi connectivity index (χ3v) is 11.1. The van der Waals surface area contributed by atoms with Crippen molar-refractivity contribution >= 4 is 11.8 Å². The first-order valence-corrected chi connectivity index (χ1v) is 19.1. The Balaban J connectivity index is 1.18. The molecule has 6 rings (SSSR count). The summed E-state index contributed by atoms with van der Waals surface area (Å²) in [6.45, 7) is 16.0. The molecule has 54 heavy (non-hydrogen) atoms. The lowest BCUT2D eigenvalue weighted by Crippen LogP contribution is -2.46. The van der Waals surface area contributed by atoms with E-state index in [9.17, 15) is 22.8 Å². The molecule has 4 aromatic rings. The van der Waals surface area contributed by atoms with Crippen molar-refractivity contribution in [3.8, 4) is 33.9 Å². The van der Waals surface area contributed by atoms with Gasteiger partial charge in [0.05, 0.1) is 41.8 Å². The second-order valence-corrected chi connectivity index (χ2v) is 14.1. The van der Waals surface area contributed by atoms with Gasteiger partial charge in [0.2, 0.25) is 11.8 Å². The van der Waals surface area contributed by atoms with Gasteiger partial charge in [0.1, 0.15) is 11.6 Å². The molecule has 2 amide bonds. The van der Waals surface area contributed by atoms with Crippen molar-refractivity contribution in [2.75, 3.05) is 39.3 Å². The zero-order valence-electron chi connectivity index (χ0n) is 32.0. The van der Waals surface area contributed by atoms with E-state index in [0.29, 0.717) is 61.5 Å². The fraction of sp³-hybridized carbons (Fsp3) is 0.538. The zero-order chi connectivity index (χ0) is 38.7. The SMILES string of the molecule is CCN(CC)[C@H](C)C(=O)N1CCC[C@H]1c1nc(C(F)(F)F)c(-c2ccc(-c3ncc(-c4cnc(C5CCCN5C(=O)[C@H](C)N(CC)CC)[nH]4)cn3)cc2)[nH]1. The minimum Gasteiger partial charge on any atom is -0.340 e. The van der Waals surface area contributed by atoms with Gasteiger partial charge in [-0.15, -0.1) is 0 Å². The van der Waals surface area contributed by atoms with E-state index in [0.717, 1.165) is 37.4 Å². The summed E-state index contributed by atoms with van der Waals surface area (Å²) in [7, 11) is 0. The van der Waals surface area contributed by atoms with Crippen LogP contribution in [-0.2, 0) is 15.8 Å². The number of hydrogen-bond donors (Lipinski definition) is 2. The molecular formula is C39H51F3N10O2. The Labute approximate surface area is 314 Å². The molecule has 0 bridgehead atoms. The van der Waals surface area contributed by atoms with Gasteiger partial charge in [0.25, 0.3) is 0 Å². The predicted octanol–water partition coefficient (Wildman–Crippen LogP) is 6.73. The Kier molecular flexibility index (Phi) is 11.9. The number of rotatable bonds is 13. The molecule has 12 nitrogen and oxygen atoms in total. The summed E-state index contributed by atoms with van der Waals surface area (Å²) in [4.78, 5) is 58.7. The molecule has 15 heteroatoms. The minimum atomic E-state index is -4.70. The standard InChI is InChI=1S/C39H51F3N10O2/c1-7-49(8-2)24(5)37(53)51-19-11-13-30(51)35-45-23-29(46-35)28-21-43-34(44-22-28)27-17-15-26(16-18-27)32-33(39(40,41)42)48-36(47-32)31-14-12-20-52(31)38(54)25(6)50(9-3)10-4/h15-18,21-25,30-31H,7-14,19-20H2,1-6H3,(H,45,46)(H,47,48)/t24-,25+,30?,31-/m0/s1. The number of nitrogens with one attached hydrogen (secondary N) is 2. The largest absolute Gasteiger partial charge is 0.435 e. The van der Waals surface area contributed by atoms with Gasteiger partial charge < -0.3 is 19.8 Å². The Bertz CT molecular complexity index is 1880. The number of likely N-dealkylation sites (tertiary alicyclic amines) is 2. The van der Waals surface area contributed by atoms with Crippen molar-refractivity contribution in [1.82, 2.24) is 49.5 Å². The summed E-state index contributed by atoms with van der Waals surface area (Å²) in [6.07, 6.45) is 3.31. The maximum Gasteiger partial charge on any atom is 0.435 e. The number of amides is 2. The number of alkyl halides is 3. The Morgan fingerprint density at radius 1 is 0.741 bits per heavy atom. The molecule has 2 aliphatic rings. The van der Waals surface area contributed by atoms with Gasteiger partial charge in [0, 0.05) is 42.2 Å². The molecule has 4 atom stereocenters. The van der Waals surface area contributed by atoms with Gasteiger partial charge in [-0.3, -0.25) is 19.4 Å². The second kappa shape index (κ2) is 16.4. The van der Waals surface area contributed by atoms with Crippen LogP contribution in [0, 0.1) is 0 Å². The minimum absolute atomic E-state index is 0.105. The first-order valence-electron chi connectivity index (χ1n) is 19.1. The zero-order valence-corrected chi connectivity index (χ0v) is 32.0. The monoisotopic (exact) mass is 748 g/mol. The van der Waals surface area contributed by atoms with Crippen molar-refractivity contribution in [3.63, 3.8) is 0 Å². The van der Waals surface area contributed by atoms with E-state index in [-0.39, 0.29) is 41.5 Å². The quantitative estimate of drug-likeness (QED) is 0.154. The van der Waals surface area contributed by atoms with E-state index in [1.165, 1.54) is 0 Å². The Morgan fingerprint density at radius 3 is 1.74 bits per heavy atom. The van der Waals surface area contributed by atoms with E-state index in [1.807, 2.05) is 37.5 Å². The van der Waals surface area contributed by atoms with Gasteiger partial charge >= 0.3 is 6.18 Å². The average Bonchev–Trinajstić information content (AvgIpc) is 4.01. The first kappa shape index (κ1) is 39.1. The fourth-order valence-electron chi connectivity index (χ4n) is 7.98. The normalized spacial score (nSPS) is 18.9. The number of nitrogens with zero attached hydrogens (tertiary/aromatic N) is 8. The molecule has 0 spiro atoms. The number of likely N-dealkylation sites (N-methyl/N-ethyl adjacent to an activating group) is 2. The van der Waals surface area contributed by atoms with Gasteiger partial charge in [0.15, 0.2) is 11.5 Å². The molecular weight excluding hydrogens is 697 g/mol. The van der Waals surface area contributed by atoms with Crippen LogP contribution in [0.15, 0.2) is 42.9 Å². The number of halogens is 3. The highest BCUT2D eigenvalue weighted by Gasteiger charge is 2.42. The summed E-state index contributed by atoms with van der Waals surface area (Å²) in [5.74, 6) is 1.27. The van der Waals surface area contributed by atoms with Gasteiger partial charge in [-0.2, -0.15) is 13.2 Å². The third kappa shape index (κ3) is 7.79. The number of aromatic nitrogens is 6. The summed E-state index contributed by atoms with van der Waals surface area (Å²) in [5, 5.41) is 0. The topological polar surface area (TPSA) is 130 Å². The number of carbonyl (C=O) groups is 2. The van der Waals surface area contributed by atoms with Crippen molar-refractivity contribution in [1.29, 1.82) is 0 Å². The second-order valence-electron chi connectivity index (χ2n) is 14.1. The van der Waals surface area contributed by atoms with Crippen LogP contribution < -0.4 is 0 Å². The Morgan fingerprint density at radius 2 is 1.24 bits per heavy atom. The highest BCUT2D eigenvalue weighted by atomic mass is 19.4. The van der Waals surface area contributed by atoms with Crippen molar-refractivity contribution in [2.24, 2.45) is 0 Å². The Hall–Kier alpha value is -4.63. The van der Waals surface area contributed by atoms with E-state index < -0.39 is 17.9 Å². The van der Waals surface area contributed by atoms with E-state index in [1.54, 1.807) is 47.8 Å². The summed E-state index contributed by atoms with van der Waals surface area (Å²) in [6, 6.07) is 5.26. The van der Waals surface area contributed by atoms with Crippen LogP contribution in [-0.4, -0.2) is 113 Å². The van der Waals surface area contributed by atoms with Gasteiger partial charge in [-0.05, 0) is 65.7 Å². The third-order valence-electron chi connectivity index (χ3n) is 11.1.